The minimum atomic E-state index is -0.451. The molecule has 0 radical (unpaired) electrons. The topological polar surface area (TPSA) is 61.0 Å². The second-order valence-corrected chi connectivity index (χ2v) is 6.96. The lowest BCUT2D eigenvalue weighted by molar-refractivity contribution is 0.411. The van der Waals surface area contributed by atoms with Gasteiger partial charge in [0.25, 0.3) is 0 Å². The number of hydrogen-bond acceptors (Lipinski definition) is 5. The van der Waals surface area contributed by atoms with Gasteiger partial charge in [0.2, 0.25) is 0 Å². The van der Waals surface area contributed by atoms with E-state index in [9.17, 15) is 4.39 Å². The molecule has 0 unspecified atom stereocenters. The van der Waals surface area contributed by atoms with E-state index < -0.39 is 5.82 Å². The van der Waals surface area contributed by atoms with Crippen molar-refractivity contribution in [3.8, 4) is 28.3 Å². The number of methoxy groups -OCH3 is 1. The second kappa shape index (κ2) is 8.01. The molecule has 0 fully saturated rings. The maximum absolute atomic E-state index is 14.8. The van der Waals surface area contributed by atoms with E-state index in [1.807, 2.05) is 19.1 Å². The van der Waals surface area contributed by atoms with Gasteiger partial charge < -0.3 is 9.26 Å². The zero-order chi connectivity index (χ0) is 20.4. The molecule has 4 aromatic rings. The summed E-state index contributed by atoms with van der Waals surface area (Å²) in [5.41, 5.74) is 3.07. The maximum atomic E-state index is 14.8. The highest BCUT2D eigenvalue weighted by atomic mass is 35.5. The SMILES string of the molecule is COc1ccc(-c2noc(-c3cccc(Cl)c3)c2[C@H](C)c2cncnc2)c(F)c1. The highest BCUT2D eigenvalue weighted by molar-refractivity contribution is 6.30. The molecule has 0 amide bonds. The van der Waals surface area contributed by atoms with Crippen molar-refractivity contribution in [1.29, 1.82) is 0 Å². The fourth-order valence-corrected chi connectivity index (χ4v) is 3.44. The molecule has 0 saturated carbocycles. The van der Waals surface area contributed by atoms with Gasteiger partial charge in [-0.3, -0.25) is 0 Å². The molecule has 1 atom stereocenters. The van der Waals surface area contributed by atoms with E-state index in [2.05, 4.69) is 15.1 Å². The zero-order valence-electron chi connectivity index (χ0n) is 15.8. The van der Waals surface area contributed by atoms with E-state index in [0.29, 0.717) is 27.8 Å². The van der Waals surface area contributed by atoms with E-state index >= 15 is 0 Å². The van der Waals surface area contributed by atoms with Crippen LogP contribution in [0.25, 0.3) is 22.6 Å². The third-order valence-electron chi connectivity index (χ3n) is 4.76. The Bertz CT molecular complexity index is 1150. The van der Waals surface area contributed by atoms with E-state index in [1.54, 1.807) is 36.7 Å². The van der Waals surface area contributed by atoms with Crippen molar-refractivity contribution in [1.82, 2.24) is 15.1 Å². The summed E-state index contributed by atoms with van der Waals surface area (Å²) in [6.45, 7) is 1.98. The Hall–Kier alpha value is -3.25. The van der Waals surface area contributed by atoms with Crippen LogP contribution >= 0.6 is 11.6 Å². The van der Waals surface area contributed by atoms with E-state index in [-0.39, 0.29) is 5.92 Å². The average molecular weight is 410 g/mol. The lowest BCUT2D eigenvalue weighted by atomic mass is 9.89. The Kier molecular flexibility index (Phi) is 5.27. The minimum Gasteiger partial charge on any atom is -0.497 e. The second-order valence-electron chi connectivity index (χ2n) is 6.52. The van der Waals surface area contributed by atoms with Crippen molar-refractivity contribution in [2.45, 2.75) is 12.8 Å². The molecule has 0 aliphatic heterocycles. The lowest BCUT2D eigenvalue weighted by Crippen LogP contribution is -2.01. The largest absolute Gasteiger partial charge is 0.497 e. The number of hydrogen-bond donors (Lipinski definition) is 0. The molecular weight excluding hydrogens is 393 g/mol. The van der Waals surface area contributed by atoms with Crippen LogP contribution < -0.4 is 4.74 Å². The lowest BCUT2D eigenvalue weighted by Gasteiger charge is -2.14. The summed E-state index contributed by atoms with van der Waals surface area (Å²) in [4.78, 5) is 8.20. The fraction of sp³-hybridized carbons (Fsp3) is 0.136. The third kappa shape index (κ3) is 3.71. The van der Waals surface area contributed by atoms with E-state index in [4.69, 9.17) is 20.9 Å². The van der Waals surface area contributed by atoms with Crippen molar-refractivity contribution in [3.05, 3.63) is 83.2 Å². The molecule has 7 heteroatoms. The van der Waals surface area contributed by atoms with Crippen molar-refractivity contribution < 1.29 is 13.7 Å². The molecule has 0 aliphatic carbocycles. The quantitative estimate of drug-likeness (QED) is 0.420. The van der Waals surface area contributed by atoms with Crippen molar-refractivity contribution in [3.63, 3.8) is 0 Å². The van der Waals surface area contributed by atoms with Crippen LogP contribution in [0.4, 0.5) is 4.39 Å². The molecule has 0 aliphatic rings. The molecule has 2 aromatic carbocycles. The molecule has 0 N–H and O–H groups in total. The van der Waals surface area contributed by atoms with Gasteiger partial charge in [-0.1, -0.05) is 35.8 Å². The van der Waals surface area contributed by atoms with Crippen LogP contribution in [-0.4, -0.2) is 22.2 Å². The van der Waals surface area contributed by atoms with Gasteiger partial charge in [-0.25, -0.2) is 14.4 Å². The molecule has 2 heterocycles. The van der Waals surface area contributed by atoms with Crippen LogP contribution in [0.2, 0.25) is 5.02 Å². The Morgan fingerprint density at radius 3 is 2.59 bits per heavy atom. The first-order valence-electron chi connectivity index (χ1n) is 8.92. The predicted octanol–water partition coefficient (Wildman–Crippen LogP) is 5.75. The summed E-state index contributed by atoms with van der Waals surface area (Å²) >= 11 is 6.17. The smallest absolute Gasteiger partial charge is 0.171 e. The first-order chi connectivity index (χ1) is 14.1. The highest BCUT2D eigenvalue weighted by Gasteiger charge is 2.27. The van der Waals surface area contributed by atoms with Gasteiger partial charge in [0, 0.05) is 46.1 Å². The number of halogens is 2. The monoisotopic (exact) mass is 409 g/mol. The maximum Gasteiger partial charge on any atom is 0.171 e. The van der Waals surface area contributed by atoms with Gasteiger partial charge in [-0.05, 0) is 29.8 Å². The van der Waals surface area contributed by atoms with Gasteiger partial charge >= 0.3 is 0 Å². The van der Waals surface area contributed by atoms with Crippen molar-refractivity contribution in [2.24, 2.45) is 0 Å². The third-order valence-corrected chi connectivity index (χ3v) is 4.99. The van der Waals surface area contributed by atoms with Gasteiger partial charge in [-0.2, -0.15) is 0 Å². The van der Waals surface area contributed by atoms with Crippen LogP contribution in [0.1, 0.15) is 24.0 Å². The first-order valence-corrected chi connectivity index (χ1v) is 9.30. The van der Waals surface area contributed by atoms with Crippen molar-refractivity contribution >= 4 is 11.6 Å². The van der Waals surface area contributed by atoms with Crippen LogP contribution in [0, 0.1) is 5.82 Å². The summed E-state index contributed by atoms with van der Waals surface area (Å²) in [7, 11) is 1.49. The normalized spacial score (nSPS) is 12.0. The number of ether oxygens (including phenoxy) is 1. The molecule has 29 heavy (non-hydrogen) atoms. The number of benzene rings is 2. The summed E-state index contributed by atoms with van der Waals surface area (Å²) < 4.78 is 25.6. The minimum absolute atomic E-state index is 0.201. The first kappa shape index (κ1) is 19.1. The van der Waals surface area contributed by atoms with Crippen molar-refractivity contribution in [2.75, 3.05) is 7.11 Å². The number of nitrogens with zero attached hydrogens (tertiary/aromatic N) is 3. The molecule has 0 bridgehead atoms. The van der Waals surface area contributed by atoms with Gasteiger partial charge in [-0.15, -0.1) is 0 Å². The highest BCUT2D eigenvalue weighted by Crippen LogP contribution is 2.41. The molecule has 5 nitrogen and oxygen atoms in total. The molecule has 0 saturated heterocycles. The summed E-state index contributed by atoms with van der Waals surface area (Å²) in [5.74, 6) is 0.297. The average Bonchev–Trinajstić information content (AvgIpc) is 3.18. The van der Waals surface area contributed by atoms with Gasteiger partial charge in [0.1, 0.15) is 23.6 Å². The van der Waals surface area contributed by atoms with Crippen LogP contribution in [0.3, 0.4) is 0 Å². The van der Waals surface area contributed by atoms with Crippen LogP contribution in [0.5, 0.6) is 5.75 Å². The molecule has 0 spiro atoms. The van der Waals surface area contributed by atoms with Crippen LogP contribution in [0.15, 0.2) is 65.7 Å². The molecule has 146 valence electrons. The Labute approximate surface area is 172 Å². The molecule has 4 rings (SSSR count). The predicted molar refractivity (Wildman–Crippen MR) is 108 cm³/mol. The standard InChI is InChI=1S/C22H17ClFN3O2/c1-13(15-10-25-12-26-11-15)20-21(18-7-6-17(28-2)9-19(18)24)27-29-22(20)14-4-3-5-16(23)8-14/h3-13H,1-2H3/t13-/m1/s1. The number of aromatic nitrogens is 3. The molecule has 2 aromatic heterocycles. The zero-order valence-corrected chi connectivity index (χ0v) is 16.5. The summed E-state index contributed by atoms with van der Waals surface area (Å²) in [6, 6.07) is 11.9. The summed E-state index contributed by atoms with van der Waals surface area (Å²) in [5, 5.41) is 4.78. The Morgan fingerprint density at radius 1 is 1.10 bits per heavy atom. The molecular formula is C22H17ClFN3O2. The number of rotatable bonds is 5. The van der Waals surface area contributed by atoms with E-state index in [0.717, 1.165) is 16.7 Å². The fourth-order valence-electron chi connectivity index (χ4n) is 3.25. The Morgan fingerprint density at radius 2 is 1.90 bits per heavy atom. The Balaban J connectivity index is 1.93. The summed E-state index contributed by atoms with van der Waals surface area (Å²) in [6.07, 6.45) is 4.91. The van der Waals surface area contributed by atoms with E-state index in [1.165, 1.54) is 19.5 Å². The van der Waals surface area contributed by atoms with Gasteiger partial charge in [0.05, 0.1) is 7.11 Å². The van der Waals surface area contributed by atoms with Gasteiger partial charge in [0.15, 0.2) is 5.76 Å². The van der Waals surface area contributed by atoms with Crippen LogP contribution in [-0.2, 0) is 0 Å².